The van der Waals surface area contributed by atoms with Crippen molar-refractivity contribution in [1.82, 2.24) is 4.98 Å². The standard InChI is InChI=1S/C20H14N2/c21-15-19-18(17-9-5-2-6-10-17)13-14-22-20(19)12-11-16-7-3-1-4-8-16/h1-14H. The predicted molar refractivity (Wildman–Crippen MR) is 89.8 cm³/mol. The Morgan fingerprint density at radius 2 is 1.50 bits per heavy atom. The van der Waals surface area contributed by atoms with E-state index in [1.807, 2.05) is 78.9 Å². The summed E-state index contributed by atoms with van der Waals surface area (Å²) in [5.41, 5.74) is 4.30. The monoisotopic (exact) mass is 282 g/mol. The lowest BCUT2D eigenvalue weighted by molar-refractivity contribution is 1.27. The molecule has 0 amide bonds. The molecule has 0 bridgehead atoms. The van der Waals surface area contributed by atoms with E-state index in [2.05, 4.69) is 11.1 Å². The van der Waals surface area contributed by atoms with Crippen LogP contribution in [0.15, 0.2) is 72.9 Å². The van der Waals surface area contributed by atoms with Crippen molar-refractivity contribution in [3.8, 4) is 17.2 Å². The summed E-state index contributed by atoms with van der Waals surface area (Å²) in [5, 5.41) is 9.53. The molecule has 0 fully saturated rings. The average molecular weight is 282 g/mol. The van der Waals surface area contributed by atoms with Crippen molar-refractivity contribution < 1.29 is 0 Å². The second kappa shape index (κ2) is 6.51. The molecule has 1 aromatic heterocycles. The first-order chi connectivity index (χ1) is 10.9. The summed E-state index contributed by atoms with van der Waals surface area (Å²) in [6, 6.07) is 24.1. The molecule has 0 atom stereocenters. The highest BCUT2D eigenvalue weighted by Gasteiger charge is 2.08. The molecule has 2 heteroatoms. The minimum absolute atomic E-state index is 0.598. The third-order valence-electron chi connectivity index (χ3n) is 3.41. The first kappa shape index (κ1) is 13.8. The van der Waals surface area contributed by atoms with E-state index in [4.69, 9.17) is 0 Å². The highest BCUT2D eigenvalue weighted by molar-refractivity contribution is 5.78. The van der Waals surface area contributed by atoms with Crippen LogP contribution in [-0.4, -0.2) is 4.98 Å². The zero-order chi connectivity index (χ0) is 15.2. The van der Waals surface area contributed by atoms with Gasteiger partial charge in [-0.3, -0.25) is 4.98 Å². The zero-order valence-corrected chi connectivity index (χ0v) is 12.0. The normalized spacial score (nSPS) is 10.5. The molecule has 0 saturated carbocycles. The third kappa shape index (κ3) is 2.94. The van der Waals surface area contributed by atoms with Crippen LogP contribution in [-0.2, 0) is 0 Å². The Hall–Kier alpha value is -3.18. The Balaban J connectivity index is 2.03. The first-order valence-corrected chi connectivity index (χ1v) is 7.06. The molecule has 2 nitrogen and oxygen atoms in total. The van der Waals surface area contributed by atoms with Gasteiger partial charge in [-0.15, -0.1) is 0 Å². The van der Waals surface area contributed by atoms with Crippen LogP contribution in [0.2, 0.25) is 0 Å². The molecule has 0 N–H and O–H groups in total. The number of aromatic nitrogens is 1. The Morgan fingerprint density at radius 3 is 2.18 bits per heavy atom. The Kier molecular flexibility index (Phi) is 4.08. The van der Waals surface area contributed by atoms with Crippen LogP contribution in [0.25, 0.3) is 23.3 Å². The molecule has 3 aromatic rings. The summed E-state index contributed by atoms with van der Waals surface area (Å²) in [6.07, 6.45) is 5.60. The molecule has 1 heterocycles. The van der Waals surface area contributed by atoms with Gasteiger partial charge in [0.05, 0.1) is 11.3 Å². The second-order valence-corrected chi connectivity index (χ2v) is 4.84. The maximum Gasteiger partial charge on any atom is 0.102 e. The Bertz CT molecular complexity index is 829. The van der Waals surface area contributed by atoms with Crippen molar-refractivity contribution in [1.29, 1.82) is 5.26 Å². The third-order valence-corrected chi connectivity index (χ3v) is 3.41. The quantitative estimate of drug-likeness (QED) is 0.692. The summed E-state index contributed by atoms with van der Waals surface area (Å²) >= 11 is 0. The van der Waals surface area contributed by atoms with Crippen LogP contribution in [0, 0.1) is 11.3 Å². The minimum Gasteiger partial charge on any atom is -0.255 e. The molecule has 0 aliphatic carbocycles. The van der Waals surface area contributed by atoms with Crippen molar-refractivity contribution >= 4 is 12.2 Å². The summed E-state index contributed by atoms with van der Waals surface area (Å²) in [6.45, 7) is 0. The second-order valence-electron chi connectivity index (χ2n) is 4.84. The molecule has 0 radical (unpaired) electrons. The largest absolute Gasteiger partial charge is 0.255 e. The van der Waals surface area contributed by atoms with Crippen LogP contribution >= 0.6 is 0 Å². The molecule has 0 spiro atoms. The van der Waals surface area contributed by atoms with Gasteiger partial charge in [0.1, 0.15) is 6.07 Å². The van der Waals surface area contributed by atoms with Gasteiger partial charge in [0.15, 0.2) is 0 Å². The molecule has 2 aromatic carbocycles. The van der Waals surface area contributed by atoms with Crippen molar-refractivity contribution in [2.24, 2.45) is 0 Å². The van der Waals surface area contributed by atoms with Gasteiger partial charge < -0.3 is 0 Å². The van der Waals surface area contributed by atoms with E-state index in [0.29, 0.717) is 11.3 Å². The first-order valence-electron chi connectivity index (χ1n) is 7.06. The molecule has 0 saturated heterocycles. The van der Waals surface area contributed by atoms with Crippen LogP contribution in [0.1, 0.15) is 16.8 Å². The maximum atomic E-state index is 9.53. The smallest absolute Gasteiger partial charge is 0.102 e. The summed E-state index contributed by atoms with van der Waals surface area (Å²) < 4.78 is 0. The van der Waals surface area contributed by atoms with Gasteiger partial charge in [0.2, 0.25) is 0 Å². The van der Waals surface area contributed by atoms with Gasteiger partial charge >= 0.3 is 0 Å². The molecular formula is C20H14N2. The summed E-state index contributed by atoms with van der Waals surface area (Å²) in [5.74, 6) is 0. The van der Waals surface area contributed by atoms with Crippen molar-refractivity contribution in [2.45, 2.75) is 0 Å². The predicted octanol–water partition coefficient (Wildman–Crippen LogP) is 4.79. The molecule has 0 aliphatic rings. The topological polar surface area (TPSA) is 36.7 Å². The number of nitriles is 1. The fraction of sp³-hybridized carbons (Fsp3) is 0. The van der Waals surface area contributed by atoms with Crippen LogP contribution in [0.5, 0.6) is 0 Å². The number of hydrogen-bond acceptors (Lipinski definition) is 2. The number of hydrogen-bond donors (Lipinski definition) is 0. The van der Waals surface area contributed by atoms with E-state index < -0.39 is 0 Å². The number of rotatable bonds is 3. The fourth-order valence-corrected chi connectivity index (χ4v) is 2.32. The van der Waals surface area contributed by atoms with Crippen molar-refractivity contribution in [3.05, 3.63) is 89.7 Å². The fourth-order valence-electron chi connectivity index (χ4n) is 2.32. The minimum atomic E-state index is 0.598. The van der Waals surface area contributed by atoms with Gasteiger partial charge in [-0.1, -0.05) is 66.7 Å². The van der Waals surface area contributed by atoms with Crippen molar-refractivity contribution in [2.75, 3.05) is 0 Å². The molecule has 104 valence electrons. The average Bonchev–Trinajstić information content (AvgIpc) is 2.61. The van der Waals surface area contributed by atoms with E-state index >= 15 is 0 Å². The molecule has 0 aliphatic heterocycles. The Labute approximate surface area is 130 Å². The van der Waals surface area contributed by atoms with Crippen LogP contribution in [0.3, 0.4) is 0 Å². The van der Waals surface area contributed by atoms with Gasteiger partial charge in [0, 0.05) is 11.8 Å². The highest BCUT2D eigenvalue weighted by atomic mass is 14.7. The van der Waals surface area contributed by atoms with Gasteiger partial charge in [-0.05, 0) is 23.3 Å². The van der Waals surface area contributed by atoms with E-state index in [1.165, 1.54) is 0 Å². The van der Waals surface area contributed by atoms with Crippen LogP contribution in [0.4, 0.5) is 0 Å². The number of pyridine rings is 1. The summed E-state index contributed by atoms with van der Waals surface area (Å²) in [4.78, 5) is 4.34. The molecule has 3 rings (SSSR count). The number of benzene rings is 2. The van der Waals surface area contributed by atoms with Crippen molar-refractivity contribution in [3.63, 3.8) is 0 Å². The van der Waals surface area contributed by atoms with E-state index in [0.717, 1.165) is 16.7 Å². The lowest BCUT2D eigenvalue weighted by Crippen LogP contribution is -1.92. The van der Waals surface area contributed by atoms with Gasteiger partial charge in [-0.25, -0.2) is 0 Å². The lowest BCUT2D eigenvalue weighted by Gasteiger charge is -2.06. The number of nitrogens with zero attached hydrogens (tertiary/aromatic N) is 2. The SMILES string of the molecule is N#Cc1c(-c2ccccc2)ccnc1C=Cc1ccccc1. The molecule has 22 heavy (non-hydrogen) atoms. The van der Waals surface area contributed by atoms with E-state index in [1.54, 1.807) is 6.20 Å². The van der Waals surface area contributed by atoms with Gasteiger partial charge in [-0.2, -0.15) is 5.26 Å². The maximum absolute atomic E-state index is 9.53. The highest BCUT2D eigenvalue weighted by Crippen LogP contribution is 2.25. The molecule has 0 unspecified atom stereocenters. The van der Waals surface area contributed by atoms with E-state index in [-0.39, 0.29) is 0 Å². The summed E-state index contributed by atoms with van der Waals surface area (Å²) in [7, 11) is 0. The Morgan fingerprint density at radius 1 is 0.818 bits per heavy atom. The lowest BCUT2D eigenvalue weighted by atomic mass is 9.99. The van der Waals surface area contributed by atoms with Gasteiger partial charge in [0.25, 0.3) is 0 Å². The zero-order valence-electron chi connectivity index (χ0n) is 12.0. The van der Waals surface area contributed by atoms with E-state index in [9.17, 15) is 5.26 Å². The molecular weight excluding hydrogens is 268 g/mol. The van der Waals surface area contributed by atoms with Crippen LogP contribution < -0.4 is 0 Å².